The lowest BCUT2D eigenvalue weighted by Gasteiger charge is -2.05. The van der Waals surface area contributed by atoms with Gasteiger partial charge in [0.05, 0.1) is 18.6 Å². The van der Waals surface area contributed by atoms with Crippen LogP contribution in [0.4, 0.5) is 4.79 Å². The van der Waals surface area contributed by atoms with E-state index in [9.17, 15) is 14.8 Å². The Morgan fingerprint density at radius 2 is 2.14 bits per heavy atom. The predicted octanol–water partition coefficient (Wildman–Crippen LogP) is 1.03. The SMILES string of the molecule is O=C(CSc1cccc[n+]1[O-])NC(=O)NCc1ccco1. The van der Waals surface area contributed by atoms with Crippen molar-refractivity contribution in [2.24, 2.45) is 0 Å². The second-order valence-corrected chi connectivity index (χ2v) is 4.96. The van der Waals surface area contributed by atoms with E-state index in [-0.39, 0.29) is 12.3 Å². The van der Waals surface area contributed by atoms with Crippen molar-refractivity contribution in [3.63, 3.8) is 0 Å². The minimum absolute atomic E-state index is 0.0274. The van der Waals surface area contributed by atoms with Crippen molar-refractivity contribution in [2.75, 3.05) is 5.75 Å². The zero-order valence-electron chi connectivity index (χ0n) is 10.9. The van der Waals surface area contributed by atoms with Gasteiger partial charge in [-0.1, -0.05) is 0 Å². The lowest BCUT2D eigenvalue weighted by molar-refractivity contribution is -0.645. The molecule has 3 amide bonds. The van der Waals surface area contributed by atoms with E-state index in [2.05, 4.69) is 10.6 Å². The Hall–Kier alpha value is -2.48. The van der Waals surface area contributed by atoms with Gasteiger partial charge < -0.3 is 14.9 Å². The van der Waals surface area contributed by atoms with Crippen LogP contribution in [-0.4, -0.2) is 17.7 Å². The second kappa shape index (κ2) is 7.34. The van der Waals surface area contributed by atoms with Crippen LogP contribution in [0, 0.1) is 5.21 Å². The highest BCUT2D eigenvalue weighted by Crippen LogP contribution is 2.11. The lowest BCUT2D eigenvalue weighted by Crippen LogP contribution is -2.40. The predicted molar refractivity (Wildman–Crippen MR) is 75.2 cm³/mol. The first-order valence-electron chi connectivity index (χ1n) is 6.06. The molecule has 2 rings (SSSR count). The fourth-order valence-corrected chi connectivity index (χ4v) is 2.17. The zero-order chi connectivity index (χ0) is 15.1. The molecule has 0 atom stereocenters. The molecular weight excluding hydrogens is 294 g/mol. The fourth-order valence-electron chi connectivity index (χ4n) is 1.45. The van der Waals surface area contributed by atoms with Crippen molar-refractivity contribution in [1.82, 2.24) is 10.6 Å². The van der Waals surface area contributed by atoms with E-state index in [0.717, 1.165) is 11.8 Å². The molecule has 110 valence electrons. The summed E-state index contributed by atoms with van der Waals surface area (Å²) in [6.45, 7) is 0.193. The number of nitrogens with one attached hydrogen (secondary N) is 2. The van der Waals surface area contributed by atoms with Crippen LogP contribution < -0.4 is 15.4 Å². The van der Waals surface area contributed by atoms with Gasteiger partial charge in [0.1, 0.15) is 5.76 Å². The van der Waals surface area contributed by atoms with Crippen LogP contribution in [0.1, 0.15) is 5.76 Å². The summed E-state index contributed by atoms with van der Waals surface area (Å²) in [6, 6.07) is 7.70. The minimum Gasteiger partial charge on any atom is -0.618 e. The van der Waals surface area contributed by atoms with Gasteiger partial charge in [0, 0.05) is 12.1 Å². The van der Waals surface area contributed by atoms with E-state index in [4.69, 9.17) is 4.42 Å². The first-order chi connectivity index (χ1) is 10.1. The molecule has 0 saturated heterocycles. The number of hydrogen-bond acceptors (Lipinski definition) is 5. The first-order valence-corrected chi connectivity index (χ1v) is 7.05. The maximum Gasteiger partial charge on any atom is 0.321 e. The molecule has 2 heterocycles. The molecule has 8 heteroatoms. The Labute approximate surface area is 124 Å². The maximum absolute atomic E-state index is 11.6. The summed E-state index contributed by atoms with van der Waals surface area (Å²) < 4.78 is 5.70. The Bertz CT molecular complexity index is 616. The van der Waals surface area contributed by atoms with Crippen LogP contribution in [0.3, 0.4) is 0 Å². The van der Waals surface area contributed by atoms with Crippen molar-refractivity contribution in [1.29, 1.82) is 0 Å². The number of urea groups is 1. The standard InChI is InChI=1S/C13H13N3O4S/c17-11(9-21-12-5-1-2-6-16(12)19)15-13(18)14-8-10-4-3-7-20-10/h1-7H,8-9H2,(H2,14,15,17,18). The van der Waals surface area contributed by atoms with E-state index < -0.39 is 11.9 Å². The highest BCUT2D eigenvalue weighted by molar-refractivity contribution is 7.99. The van der Waals surface area contributed by atoms with Crippen LogP contribution in [-0.2, 0) is 11.3 Å². The van der Waals surface area contributed by atoms with Crippen LogP contribution in [0.2, 0.25) is 0 Å². The fraction of sp³-hybridized carbons (Fsp3) is 0.154. The summed E-state index contributed by atoms with van der Waals surface area (Å²) in [5.41, 5.74) is 0. The normalized spacial score (nSPS) is 10.1. The van der Waals surface area contributed by atoms with E-state index in [1.807, 2.05) is 0 Å². The number of carbonyl (C=O) groups excluding carboxylic acids is 2. The maximum atomic E-state index is 11.6. The van der Waals surface area contributed by atoms with Gasteiger partial charge in [-0.2, -0.15) is 4.73 Å². The van der Waals surface area contributed by atoms with E-state index in [1.54, 1.807) is 30.3 Å². The molecule has 21 heavy (non-hydrogen) atoms. The van der Waals surface area contributed by atoms with Crippen LogP contribution >= 0.6 is 11.8 Å². The lowest BCUT2D eigenvalue weighted by atomic mass is 10.4. The van der Waals surface area contributed by atoms with Gasteiger partial charge in [0.2, 0.25) is 5.91 Å². The van der Waals surface area contributed by atoms with Gasteiger partial charge in [-0.25, -0.2) is 4.79 Å². The quantitative estimate of drug-likeness (QED) is 0.488. The first kappa shape index (κ1) is 14.9. The number of furan rings is 1. The number of pyridine rings is 1. The minimum atomic E-state index is -0.611. The van der Waals surface area contributed by atoms with Gasteiger partial charge in [0.15, 0.2) is 6.20 Å². The third kappa shape index (κ3) is 4.84. The van der Waals surface area contributed by atoms with Crippen LogP contribution in [0.25, 0.3) is 0 Å². The number of carbonyl (C=O) groups is 2. The van der Waals surface area contributed by atoms with Crippen molar-refractivity contribution < 1.29 is 18.7 Å². The van der Waals surface area contributed by atoms with Crippen molar-refractivity contribution >= 4 is 23.7 Å². The molecule has 0 radical (unpaired) electrons. The Morgan fingerprint density at radius 1 is 1.29 bits per heavy atom. The number of amides is 3. The molecule has 0 saturated carbocycles. The van der Waals surface area contributed by atoms with Gasteiger partial charge in [0.25, 0.3) is 5.03 Å². The Morgan fingerprint density at radius 3 is 2.86 bits per heavy atom. The molecule has 0 unspecified atom stereocenters. The molecule has 0 spiro atoms. The molecule has 0 aliphatic heterocycles. The van der Waals surface area contributed by atoms with Crippen molar-refractivity contribution in [2.45, 2.75) is 11.6 Å². The van der Waals surface area contributed by atoms with Gasteiger partial charge >= 0.3 is 6.03 Å². The second-order valence-electron chi connectivity index (χ2n) is 3.96. The third-order valence-electron chi connectivity index (χ3n) is 2.40. The molecule has 0 bridgehead atoms. The molecule has 7 nitrogen and oxygen atoms in total. The van der Waals surface area contributed by atoms with E-state index >= 15 is 0 Å². The van der Waals surface area contributed by atoms with Crippen molar-refractivity contribution in [3.05, 3.63) is 53.8 Å². The molecule has 0 aliphatic carbocycles. The van der Waals surface area contributed by atoms with Gasteiger partial charge in [-0.15, -0.1) is 0 Å². The summed E-state index contributed by atoms with van der Waals surface area (Å²) >= 11 is 1.05. The topological polar surface area (TPSA) is 98.3 Å². The molecule has 0 aromatic carbocycles. The number of rotatable bonds is 5. The number of thioether (sulfide) groups is 1. The summed E-state index contributed by atoms with van der Waals surface area (Å²) in [6.07, 6.45) is 2.84. The van der Waals surface area contributed by atoms with Crippen molar-refractivity contribution in [3.8, 4) is 0 Å². The highest BCUT2D eigenvalue weighted by atomic mass is 32.2. The molecule has 2 aromatic rings. The number of nitrogens with zero attached hydrogens (tertiary/aromatic N) is 1. The number of hydrogen-bond donors (Lipinski definition) is 2. The summed E-state index contributed by atoms with van der Waals surface area (Å²) in [5, 5.41) is 16.4. The van der Waals surface area contributed by atoms with Crippen LogP contribution in [0.15, 0.2) is 52.2 Å². The monoisotopic (exact) mass is 307 g/mol. The summed E-state index contributed by atoms with van der Waals surface area (Å²) in [7, 11) is 0. The van der Waals surface area contributed by atoms with Gasteiger partial charge in [-0.05, 0) is 30.0 Å². The number of imide groups is 1. The average molecular weight is 307 g/mol. The highest BCUT2D eigenvalue weighted by Gasteiger charge is 2.11. The summed E-state index contributed by atoms with van der Waals surface area (Å²) in [4.78, 5) is 23.0. The summed E-state index contributed by atoms with van der Waals surface area (Å²) in [5.74, 6) is 0.0740. The third-order valence-corrected chi connectivity index (χ3v) is 3.41. The smallest absolute Gasteiger partial charge is 0.321 e. The molecule has 0 aliphatic rings. The average Bonchev–Trinajstić information content (AvgIpc) is 2.97. The number of aromatic nitrogens is 1. The van der Waals surface area contributed by atoms with E-state index in [0.29, 0.717) is 15.5 Å². The van der Waals surface area contributed by atoms with E-state index in [1.165, 1.54) is 12.5 Å². The Balaban J connectivity index is 1.71. The molecule has 0 fully saturated rings. The largest absolute Gasteiger partial charge is 0.618 e. The molecule has 2 aromatic heterocycles. The zero-order valence-corrected chi connectivity index (χ0v) is 11.8. The van der Waals surface area contributed by atoms with Gasteiger partial charge in [-0.3, -0.25) is 10.1 Å². The molecule has 2 N–H and O–H groups in total. The molecular formula is C13H13N3O4S. The van der Waals surface area contributed by atoms with Crippen LogP contribution in [0.5, 0.6) is 0 Å². The Kier molecular flexibility index (Phi) is 5.22.